The third-order valence-corrected chi connectivity index (χ3v) is 1.17. The van der Waals surface area contributed by atoms with Crippen molar-refractivity contribution in [3.05, 3.63) is 37.1 Å². The first-order chi connectivity index (χ1) is 5.61. The van der Waals surface area contributed by atoms with Crippen LogP contribution in [0.2, 0.25) is 0 Å². The summed E-state index contributed by atoms with van der Waals surface area (Å²) in [4.78, 5) is 14.4. The van der Waals surface area contributed by atoms with E-state index in [0.717, 1.165) is 5.57 Å². The van der Waals surface area contributed by atoms with E-state index < -0.39 is 5.91 Å². The monoisotopic (exact) mass is 164 g/mol. The zero-order valence-electron chi connectivity index (χ0n) is 7.08. The van der Waals surface area contributed by atoms with Gasteiger partial charge in [0.15, 0.2) is 0 Å². The molecule has 0 saturated carbocycles. The van der Waals surface area contributed by atoms with Crippen LogP contribution in [-0.4, -0.2) is 11.6 Å². The summed E-state index contributed by atoms with van der Waals surface area (Å²) in [6, 6.07) is 0. The van der Waals surface area contributed by atoms with Gasteiger partial charge in [-0.2, -0.15) is 0 Å². The number of carbonyl (C=O) groups excluding carboxylic acids is 1. The summed E-state index contributed by atoms with van der Waals surface area (Å²) < 4.78 is 0. The molecule has 0 aliphatic rings. The van der Waals surface area contributed by atoms with Gasteiger partial charge in [0.25, 0.3) is 5.91 Å². The van der Waals surface area contributed by atoms with Crippen molar-refractivity contribution in [1.29, 1.82) is 0 Å². The predicted octanol–water partition coefficient (Wildman–Crippen LogP) is 1.19. The maximum absolute atomic E-state index is 10.7. The number of rotatable bonds is 4. The quantitative estimate of drug-likeness (QED) is 0.492. The van der Waals surface area contributed by atoms with E-state index in [1.165, 1.54) is 6.20 Å². The van der Waals surface area contributed by atoms with Crippen LogP contribution in [0.25, 0.3) is 0 Å². The Kier molecular flexibility index (Phi) is 4.38. The van der Waals surface area contributed by atoms with E-state index in [-0.39, 0.29) is 5.71 Å². The Hall–Kier alpha value is -1.64. The SMILES string of the molecule is C=CN=C(/C=C(/C)C=C)C(N)=O. The second-order valence-corrected chi connectivity index (χ2v) is 2.15. The minimum Gasteiger partial charge on any atom is -0.364 e. The van der Waals surface area contributed by atoms with E-state index >= 15 is 0 Å². The Morgan fingerprint density at radius 3 is 2.42 bits per heavy atom. The molecule has 0 saturated heterocycles. The molecule has 3 heteroatoms. The Bertz CT molecular complexity index is 262. The number of aliphatic imine (C=N–C) groups is 1. The molecule has 0 aliphatic carbocycles. The zero-order valence-corrected chi connectivity index (χ0v) is 7.08. The Morgan fingerprint density at radius 1 is 1.50 bits per heavy atom. The molecule has 0 aromatic rings. The van der Waals surface area contributed by atoms with Crippen LogP contribution in [-0.2, 0) is 4.79 Å². The van der Waals surface area contributed by atoms with Gasteiger partial charge in [-0.3, -0.25) is 9.79 Å². The number of nitrogens with zero attached hydrogens (tertiary/aromatic N) is 1. The second kappa shape index (κ2) is 5.07. The number of allylic oxidation sites excluding steroid dienone is 2. The first kappa shape index (κ1) is 10.4. The van der Waals surface area contributed by atoms with Gasteiger partial charge in [-0.25, -0.2) is 0 Å². The standard InChI is InChI=1S/C9H12N2O/c1-4-7(3)6-8(9(10)12)11-5-2/h4-6H,1-2H2,3H3,(H2,10,12)/b7-6-,11-8?. The third kappa shape index (κ3) is 3.51. The fourth-order valence-corrected chi connectivity index (χ4v) is 0.545. The van der Waals surface area contributed by atoms with Crippen LogP contribution in [0, 0.1) is 0 Å². The molecule has 64 valence electrons. The number of hydrogen-bond acceptors (Lipinski definition) is 2. The average Bonchev–Trinajstić information content (AvgIpc) is 2.03. The molecule has 0 heterocycles. The number of primary amides is 1. The highest BCUT2D eigenvalue weighted by Gasteiger charge is 2.00. The van der Waals surface area contributed by atoms with Gasteiger partial charge >= 0.3 is 0 Å². The Morgan fingerprint density at radius 2 is 2.08 bits per heavy atom. The number of hydrogen-bond donors (Lipinski definition) is 1. The van der Waals surface area contributed by atoms with Crippen LogP contribution in [0.15, 0.2) is 42.1 Å². The molecule has 12 heavy (non-hydrogen) atoms. The molecular weight excluding hydrogens is 152 g/mol. The lowest BCUT2D eigenvalue weighted by molar-refractivity contribution is -0.111. The molecule has 0 aromatic carbocycles. The molecule has 0 radical (unpaired) electrons. The van der Waals surface area contributed by atoms with Crippen LogP contribution in [0.3, 0.4) is 0 Å². The van der Waals surface area contributed by atoms with Gasteiger partial charge in [0.1, 0.15) is 5.71 Å². The topological polar surface area (TPSA) is 55.4 Å². The molecule has 1 amide bonds. The van der Waals surface area contributed by atoms with Crippen LogP contribution in [0.1, 0.15) is 6.92 Å². The van der Waals surface area contributed by atoms with Gasteiger partial charge in [-0.05, 0) is 18.6 Å². The summed E-state index contributed by atoms with van der Waals surface area (Å²) in [6.07, 6.45) is 4.44. The highest BCUT2D eigenvalue weighted by molar-refractivity contribution is 6.43. The smallest absolute Gasteiger partial charge is 0.267 e. The molecule has 0 spiro atoms. The van der Waals surface area contributed by atoms with E-state index in [1.54, 1.807) is 19.1 Å². The molecule has 0 aliphatic heterocycles. The van der Waals surface area contributed by atoms with Gasteiger partial charge in [0.2, 0.25) is 0 Å². The summed E-state index contributed by atoms with van der Waals surface area (Å²) >= 11 is 0. The van der Waals surface area contributed by atoms with Crippen molar-refractivity contribution in [3.63, 3.8) is 0 Å². The van der Waals surface area contributed by atoms with Crippen LogP contribution in [0.4, 0.5) is 0 Å². The highest BCUT2D eigenvalue weighted by Crippen LogP contribution is 1.94. The van der Waals surface area contributed by atoms with Gasteiger partial charge < -0.3 is 5.73 Å². The summed E-state index contributed by atoms with van der Waals surface area (Å²) in [7, 11) is 0. The number of nitrogens with two attached hydrogens (primary N) is 1. The van der Waals surface area contributed by atoms with Gasteiger partial charge in [-0.1, -0.05) is 19.2 Å². The van der Waals surface area contributed by atoms with E-state index in [2.05, 4.69) is 18.2 Å². The molecule has 0 aromatic heterocycles. The third-order valence-electron chi connectivity index (χ3n) is 1.17. The molecular formula is C9H12N2O. The Labute approximate surface area is 72.0 Å². The minimum atomic E-state index is -0.573. The summed E-state index contributed by atoms with van der Waals surface area (Å²) in [5.41, 5.74) is 6.04. The normalized spacial score (nSPS) is 12.4. The van der Waals surface area contributed by atoms with Crippen molar-refractivity contribution in [2.24, 2.45) is 10.7 Å². The molecule has 2 N–H and O–H groups in total. The van der Waals surface area contributed by atoms with Crippen LogP contribution < -0.4 is 5.73 Å². The fourth-order valence-electron chi connectivity index (χ4n) is 0.545. The largest absolute Gasteiger partial charge is 0.364 e. The second-order valence-electron chi connectivity index (χ2n) is 2.15. The molecule has 0 atom stereocenters. The van der Waals surface area contributed by atoms with Crippen molar-refractivity contribution in [1.82, 2.24) is 0 Å². The predicted molar refractivity (Wildman–Crippen MR) is 50.8 cm³/mol. The van der Waals surface area contributed by atoms with Crippen LogP contribution in [0.5, 0.6) is 0 Å². The first-order valence-corrected chi connectivity index (χ1v) is 3.41. The van der Waals surface area contributed by atoms with Crippen molar-refractivity contribution in [2.45, 2.75) is 6.92 Å². The fraction of sp³-hybridized carbons (Fsp3) is 0.111. The maximum atomic E-state index is 10.7. The summed E-state index contributed by atoms with van der Waals surface area (Å²) in [5.74, 6) is -0.573. The lowest BCUT2D eigenvalue weighted by Gasteiger charge is -1.93. The Balaban J connectivity index is 4.78. The minimum absolute atomic E-state index is 0.183. The van der Waals surface area contributed by atoms with Crippen molar-refractivity contribution in [2.75, 3.05) is 0 Å². The lowest BCUT2D eigenvalue weighted by Crippen LogP contribution is -2.21. The van der Waals surface area contributed by atoms with Crippen molar-refractivity contribution < 1.29 is 4.79 Å². The van der Waals surface area contributed by atoms with Gasteiger partial charge in [0.05, 0.1) is 0 Å². The van der Waals surface area contributed by atoms with E-state index in [1.807, 2.05) is 0 Å². The van der Waals surface area contributed by atoms with E-state index in [4.69, 9.17) is 5.73 Å². The average molecular weight is 164 g/mol. The van der Waals surface area contributed by atoms with E-state index in [0.29, 0.717) is 0 Å². The first-order valence-electron chi connectivity index (χ1n) is 3.41. The van der Waals surface area contributed by atoms with Crippen molar-refractivity contribution in [3.8, 4) is 0 Å². The molecule has 0 fully saturated rings. The highest BCUT2D eigenvalue weighted by atomic mass is 16.1. The molecule has 0 rings (SSSR count). The van der Waals surface area contributed by atoms with Crippen LogP contribution >= 0.6 is 0 Å². The van der Waals surface area contributed by atoms with Crippen molar-refractivity contribution >= 4 is 11.6 Å². The molecule has 3 nitrogen and oxygen atoms in total. The number of carbonyl (C=O) groups is 1. The zero-order chi connectivity index (χ0) is 9.56. The molecule has 0 unspecified atom stereocenters. The van der Waals surface area contributed by atoms with Gasteiger partial charge in [-0.15, -0.1) is 0 Å². The van der Waals surface area contributed by atoms with E-state index in [9.17, 15) is 4.79 Å². The lowest BCUT2D eigenvalue weighted by atomic mass is 10.2. The maximum Gasteiger partial charge on any atom is 0.267 e. The summed E-state index contributed by atoms with van der Waals surface area (Å²) in [6.45, 7) is 8.70. The summed E-state index contributed by atoms with van der Waals surface area (Å²) in [5, 5.41) is 0. The number of amides is 1. The molecule has 0 bridgehead atoms. The van der Waals surface area contributed by atoms with Gasteiger partial charge in [0, 0.05) is 6.20 Å².